The summed E-state index contributed by atoms with van der Waals surface area (Å²) in [4.78, 5) is 11.6. The normalized spacial score (nSPS) is 17.9. The highest BCUT2D eigenvalue weighted by Gasteiger charge is 2.22. The zero-order valence-corrected chi connectivity index (χ0v) is 21.4. The lowest BCUT2D eigenvalue weighted by Gasteiger charge is -2.29. The van der Waals surface area contributed by atoms with Crippen molar-refractivity contribution in [1.82, 2.24) is 0 Å². The van der Waals surface area contributed by atoms with E-state index in [4.69, 9.17) is 9.47 Å². The van der Waals surface area contributed by atoms with Crippen LogP contribution in [0.15, 0.2) is 54.6 Å². The van der Waals surface area contributed by atoms with E-state index >= 15 is 0 Å². The van der Waals surface area contributed by atoms with Crippen LogP contribution in [-0.4, -0.2) is 19.7 Å². The summed E-state index contributed by atoms with van der Waals surface area (Å²) in [6.45, 7) is 7.96. The van der Waals surface area contributed by atoms with Gasteiger partial charge in [-0.05, 0) is 91.7 Å². The first-order valence-electron chi connectivity index (χ1n) is 13.1. The van der Waals surface area contributed by atoms with Crippen molar-refractivity contribution in [2.24, 2.45) is 5.92 Å². The Labute approximate surface area is 206 Å². The van der Waals surface area contributed by atoms with E-state index in [0.29, 0.717) is 18.1 Å². The first kappa shape index (κ1) is 26.1. The second-order valence-corrected chi connectivity index (χ2v) is 9.88. The summed E-state index contributed by atoms with van der Waals surface area (Å²) in [5.74, 6) is 2.21. The summed E-state index contributed by atoms with van der Waals surface area (Å²) >= 11 is 0. The second-order valence-electron chi connectivity index (χ2n) is 9.88. The minimum absolute atomic E-state index is 0.328. The molecule has 3 nitrogen and oxygen atoms in total. The van der Waals surface area contributed by atoms with E-state index in [-0.39, 0.29) is 5.97 Å². The smallest absolute Gasteiger partial charge is 0.333 e. The molecule has 2 aromatic rings. The molecule has 1 aliphatic rings. The standard InChI is InChI=1S/C31H42O3/c1-5-6-7-9-24-11-13-25(14-12-24)26-15-17-27(18-16-26)28-19-20-30(33-4)29(22-28)10-8-21-34-31(32)23(2)3/h15-20,22,24-25H,2,5-14,21H2,1,3-4H3. The van der Waals surface area contributed by atoms with E-state index in [0.717, 1.165) is 30.1 Å². The van der Waals surface area contributed by atoms with E-state index in [1.165, 1.54) is 68.1 Å². The van der Waals surface area contributed by atoms with Crippen LogP contribution in [0.1, 0.15) is 88.7 Å². The van der Waals surface area contributed by atoms with Gasteiger partial charge in [0.1, 0.15) is 5.75 Å². The van der Waals surface area contributed by atoms with Crippen LogP contribution in [0.4, 0.5) is 0 Å². The van der Waals surface area contributed by atoms with Gasteiger partial charge in [-0.15, -0.1) is 0 Å². The Morgan fingerprint density at radius 3 is 2.32 bits per heavy atom. The van der Waals surface area contributed by atoms with E-state index in [1.807, 2.05) is 6.07 Å². The van der Waals surface area contributed by atoms with Crippen molar-refractivity contribution in [3.63, 3.8) is 0 Å². The molecule has 0 atom stereocenters. The van der Waals surface area contributed by atoms with Gasteiger partial charge in [0.15, 0.2) is 0 Å². The molecule has 0 radical (unpaired) electrons. The average molecular weight is 463 g/mol. The van der Waals surface area contributed by atoms with Gasteiger partial charge in [-0.3, -0.25) is 0 Å². The molecule has 1 fully saturated rings. The fraction of sp³-hybridized carbons (Fsp3) is 0.516. The first-order chi connectivity index (χ1) is 16.5. The van der Waals surface area contributed by atoms with Gasteiger partial charge in [0, 0.05) is 5.57 Å². The van der Waals surface area contributed by atoms with Crippen molar-refractivity contribution in [2.75, 3.05) is 13.7 Å². The molecule has 3 heteroatoms. The molecule has 0 spiro atoms. The highest BCUT2D eigenvalue weighted by molar-refractivity contribution is 5.86. The molecule has 0 amide bonds. The molecule has 0 heterocycles. The van der Waals surface area contributed by atoms with Crippen LogP contribution in [0.2, 0.25) is 0 Å². The Morgan fingerprint density at radius 2 is 1.68 bits per heavy atom. The highest BCUT2D eigenvalue weighted by atomic mass is 16.5. The van der Waals surface area contributed by atoms with E-state index in [9.17, 15) is 4.79 Å². The molecule has 2 aromatic carbocycles. The number of hydrogen-bond donors (Lipinski definition) is 0. The molecule has 0 N–H and O–H groups in total. The van der Waals surface area contributed by atoms with Crippen molar-refractivity contribution < 1.29 is 14.3 Å². The van der Waals surface area contributed by atoms with Crippen LogP contribution in [0.5, 0.6) is 5.75 Å². The van der Waals surface area contributed by atoms with Crippen molar-refractivity contribution in [2.45, 2.75) is 84.0 Å². The Bertz CT molecular complexity index is 920. The number of carbonyl (C=O) groups excluding carboxylic acids is 1. The molecule has 0 bridgehead atoms. The molecular weight excluding hydrogens is 420 g/mol. The number of esters is 1. The third-order valence-corrected chi connectivity index (χ3v) is 7.23. The van der Waals surface area contributed by atoms with Crippen LogP contribution in [0.25, 0.3) is 11.1 Å². The Morgan fingerprint density at radius 1 is 0.971 bits per heavy atom. The van der Waals surface area contributed by atoms with Gasteiger partial charge in [0.05, 0.1) is 13.7 Å². The van der Waals surface area contributed by atoms with Gasteiger partial charge in [0.2, 0.25) is 0 Å². The minimum atomic E-state index is -0.328. The van der Waals surface area contributed by atoms with Crippen LogP contribution in [0, 0.1) is 5.92 Å². The number of hydrogen-bond acceptors (Lipinski definition) is 3. The van der Waals surface area contributed by atoms with Crippen LogP contribution >= 0.6 is 0 Å². The number of methoxy groups -OCH3 is 1. The lowest BCUT2D eigenvalue weighted by atomic mass is 9.77. The molecule has 1 aliphatic carbocycles. The Kier molecular flexibility index (Phi) is 10.2. The number of benzene rings is 2. The van der Waals surface area contributed by atoms with Crippen LogP contribution < -0.4 is 4.74 Å². The van der Waals surface area contributed by atoms with Gasteiger partial charge in [0.25, 0.3) is 0 Å². The van der Waals surface area contributed by atoms with Gasteiger partial charge in [-0.2, -0.15) is 0 Å². The fourth-order valence-corrected chi connectivity index (χ4v) is 5.12. The van der Waals surface area contributed by atoms with Crippen molar-refractivity contribution >= 4 is 5.97 Å². The summed E-state index contributed by atoms with van der Waals surface area (Å²) < 4.78 is 10.8. The van der Waals surface area contributed by atoms with Gasteiger partial charge < -0.3 is 9.47 Å². The van der Waals surface area contributed by atoms with Crippen LogP contribution in [-0.2, 0) is 16.0 Å². The average Bonchev–Trinajstić information content (AvgIpc) is 2.87. The van der Waals surface area contributed by atoms with E-state index in [1.54, 1.807) is 14.0 Å². The topological polar surface area (TPSA) is 35.5 Å². The van der Waals surface area contributed by atoms with Gasteiger partial charge in [-0.1, -0.05) is 69.5 Å². The lowest BCUT2D eigenvalue weighted by molar-refractivity contribution is -0.139. The predicted molar refractivity (Wildman–Crippen MR) is 141 cm³/mol. The first-order valence-corrected chi connectivity index (χ1v) is 13.1. The lowest BCUT2D eigenvalue weighted by Crippen LogP contribution is -2.13. The molecule has 0 aromatic heterocycles. The van der Waals surface area contributed by atoms with Crippen molar-refractivity contribution in [1.29, 1.82) is 0 Å². The Balaban J connectivity index is 1.58. The number of carbonyl (C=O) groups is 1. The molecule has 0 aliphatic heterocycles. The molecule has 0 unspecified atom stereocenters. The third kappa shape index (κ3) is 7.48. The fourth-order valence-electron chi connectivity index (χ4n) is 5.12. The summed E-state index contributed by atoms with van der Waals surface area (Å²) in [6.07, 6.45) is 12.5. The van der Waals surface area contributed by atoms with Crippen LogP contribution in [0.3, 0.4) is 0 Å². The maximum Gasteiger partial charge on any atom is 0.333 e. The Hall–Kier alpha value is -2.55. The number of unbranched alkanes of at least 4 members (excludes halogenated alkanes) is 2. The summed E-state index contributed by atoms with van der Waals surface area (Å²) in [5.41, 5.74) is 5.49. The summed E-state index contributed by atoms with van der Waals surface area (Å²) in [5, 5.41) is 0. The van der Waals surface area contributed by atoms with Crippen molar-refractivity contribution in [3.05, 3.63) is 65.7 Å². The SMILES string of the molecule is C=C(C)C(=O)OCCCc1cc(-c2ccc(C3CCC(CCCCC)CC3)cc2)ccc1OC. The molecule has 0 saturated heterocycles. The second kappa shape index (κ2) is 13.4. The largest absolute Gasteiger partial charge is 0.496 e. The quantitative estimate of drug-likeness (QED) is 0.181. The summed E-state index contributed by atoms with van der Waals surface area (Å²) in [6, 6.07) is 15.6. The molecule has 3 rings (SSSR count). The van der Waals surface area contributed by atoms with Gasteiger partial charge in [-0.25, -0.2) is 4.79 Å². The predicted octanol–water partition coefficient (Wildman–Crippen LogP) is 8.27. The van der Waals surface area contributed by atoms with E-state index < -0.39 is 0 Å². The van der Waals surface area contributed by atoms with E-state index in [2.05, 4.69) is 49.9 Å². The highest BCUT2D eigenvalue weighted by Crippen LogP contribution is 2.38. The maximum atomic E-state index is 11.6. The number of ether oxygens (including phenoxy) is 2. The maximum absolute atomic E-state index is 11.6. The minimum Gasteiger partial charge on any atom is -0.496 e. The third-order valence-electron chi connectivity index (χ3n) is 7.23. The number of aryl methyl sites for hydroxylation is 1. The zero-order chi connectivity index (χ0) is 24.3. The number of rotatable bonds is 12. The summed E-state index contributed by atoms with van der Waals surface area (Å²) in [7, 11) is 1.70. The van der Waals surface area contributed by atoms with Crippen molar-refractivity contribution in [3.8, 4) is 16.9 Å². The molecule has 184 valence electrons. The molecule has 1 saturated carbocycles. The zero-order valence-electron chi connectivity index (χ0n) is 21.4. The van der Waals surface area contributed by atoms with Gasteiger partial charge >= 0.3 is 5.97 Å². The monoisotopic (exact) mass is 462 g/mol. The molecular formula is C31H42O3. The molecule has 34 heavy (non-hydrogen) atoms.